The highest BCUT2D eigenvalue weighted by Gasteiger charge is 2.28. The zero-order valence-corrected chi connectivity index (χ0v) is 13.9. The summed E-state index contributed by atoms with van der Waals surface area (Å²) in [6.45, 7) is 6.29. The monoisotopic (exact) mass is 330 g/mol. The van der Waals surface area contributed by atoms with Gasteiger partial charge in [-0.3, -0.25) is 9.69 Å². The van der Waals surface area contributed by atoms with Crippen LogP contribution in [0.15, 0.2) is 34.9 Å². The highest BCUT2D eigenvalue weighted by molar-refractivity contribution is 5.81. The summed E-state index contributed by atoms with van der Waals surface area (Å²) in [7, 11) is 0. The number of amides is 1. The summed E-state index contributed by atoms with van der Waals surface area (Å²) in [5, 5.41) is 6.62. The van der Waals surface area contributed by atoms with E-state index in [9.17, 15) is 4.79 Å². The van der Waals surface area contributed by atoms with E-state index in [4.69, 9.17) is 9.26 Å². The Bertz CT molecular complexity index is 673. The number of carbonyl (C=O) groups excluding carboxylic acids is 1. The highest BCUT2D eigenvalue weighted by atomic mass is 16.5. The van der Waals surface area contributed by atoms with E-state index in [0.29, 0.717) is 24.9 Å². The minimum atomic E-state index is -0.492. The molecule has 1 aromatic heterocycles. The summed E-state index contributed by atoms with van der Waals surface area (Å²) in [5.74, 6) is 0.794. The van der Waals surface area contributed by atoms with Crippen molar-refractivity contribution >= 4 is 5.91 Å². The van der Waals surface area contributed by atoms with Crippen LogP contribution >= 0.6 is 0 Å². The van der Waals surface area contributed by atoms with Crippen molar-refractivity contribution in [1.82, 2.24) is 20.4 Å². The van der Waals surface area contributed by atoms with Gasteiger partial charge in [-0.05, 0) is 19.4 Å². The molecule has 128 valence electrons. The average Bonchev–Trinajstić information content (AvgIpc) is 3.03. The predicted molar refractivity (Wildman–Crippen MR) is 87.1 cm³/mol. The third-order valence-electron chi connectivity index (χ3n) is 3.96. The van der Waals surface area contributed by atoms with E-state index < -0.39 is 6.10 Å². The predicted octanol–water partition coefficient (Wildman–Crippen LogP) is 1.46. The van der Waals surface area contributed by atoms with Crippen molar-refractivity contribution in [3.05, 3.63) is 47.6 Å². The lowest BCUT2D eigenvalue weighted by atomic mass is 10.2. The molecule has 0 radical (unpaired) electrons. The molecule has 0 saturated carbocycles. The number of hydrogen-bond donors (Lipinski definition) is 1. The normalized spacial score (nSPS) is 19.8. The highest BCUT2D eigenvalue weighted by Crippen LogP contribution is 2.13. The minimum Gasteiger partial charge on any atom is -0.366 e. The minimum absolute atomic E-state index is 0.156. The standard InChI is InChI=1S/C17H22N4O3/c1-12(17-19-13(2)20-24-17)18-16(22)15-11-21(8-9-23-15)10-14-6-4-3-5-7-14/h3-7,12,15H,8-11H2,1-2H3,(H,18,22). The van der Waals surface area contributed by atoms with Crippen LogP contribution in [-0.4, -0.2) is 46.7 Å². The van der Waals surface area contributed by atoms with Crippen LogP contribution in [0.1, 0.15) is 30.2 Å². The summed E-state index contributed by atoms with van der Waals surface area (Å²) in [6, 6.07) is 9.88. The van der Waals surface area contributed by atoms with Gasteiger partial charge in [0.25, 0.3) is 5.91 Å². The molecule has 7 heteroatoms. The number of carbonyl (C=O) groups is 1. The Labute approximate surface area is 141 Å². The van der Waals surface area contributed by atoms with Crippen molar-refractivity contribution in [3.8, 4) is 0 Å². The largest absolute Gasteiger partial charge is 0.366 e. The van der Waals surface area contributed by atoms with Crippen LogP contribution in [0.3, 0.4) is 0 Å². The summed E-state index contributed by atoms with van der Waals surface area (Å²) in [6.07, 6.45) is -0.492. The van der Waals surface area contributed by atoms with Crippen molar-refractivity contribution in [2.45, 2.75) is 32.5 Å². The second kappa shape index (κ2) is 7.55. The van der Waals surface area contributed by atoms with Crippen LogP contribution in [-0.2, 0) is 16.1 Å². The average molecular weight is 330 g/mol. The molecule has 0 bridgehead atoms. The number of nitrogens with one attached hydrogen (secondary N) is 1. The zero-order chi connectivity index (χ0) is 16.9. The van der Waals surface area contributed by atoms with Gasteiger partial charge < -0.3 is 14.6 Å². The Kier molecular flexibility index (Phi) is 5.22. The maximum absolute atomic E-state index is 12.4. The molecule has 1 fully saturated rings. The molecule has 24 heavy (non-hydrogen) atoms. The van der Waals surface area contributed by atoms with Gasteiger partial charge in [0.05, 0.1) is 6.61 Å². The second-order valence-corrected chi connectivity index (χ2v) is 5.99. The van der Waals surface area contributed by atoms with Crippen molar-refractivity contribution in [2.75, 3.05) is 19.7 Å². The molecule has 1 saturated heterocycles. The van der Waals surface area contributed by atoms with E-state index in [0.717, 1.165) is 13.1 Å². The van der Waals surface area contributed by atoms with Gasteiger partial charge in [0.1, 0.15) is 12.1 Å². The smallest absolute Gasteiger partial charge is 0.251 e. The lowest BCUT2D eigenvalue weighted by Crippen LogP contribution is -2.49. The third kappa shape index (κ3) is 4.18. The topological polar surface area (TPSA) is 80.5 Å². The number of hydrogen-bond acceptors (Lipinski definition) is 6. The molecule has 1 aromatic carbocycles. The molecule has 0 aliphatic carbocycles. The molecule has 1 aliphatic rings. The van der Waals surface area contributed by atoms with E-state index in [2.05, 4.69) is 32.5 Å². The van der Waals surface area contributed by atoms with Gasteiger partial charge in [-0.2, -0.15) is 4.98 Å². The first-order chi connectivity index (χ1) is 11.6. The molecule has 3 rings (SSSR count). The van der Waals surface area contributed by atoms with Crippen molar-refractivity contribution in [1.29, 1.82) is 0 Å². The van der Waals surface area contributed by atoms with Crippen LogP contribution in [0.4, 0.5) is 0 Å². The van der Waals surface area contributed by atoms with E-state index >= 15 is 0 Å². The number of nitrogens with zero attached hydrogens (tertiary/aromatic N) is 3. The quantitative estimate of drug-likeness (QED) is 0.894. The van der Waals surface area contributed by atoms with Gasteiger partial charge in [-0.15, -0.1) is 0 Å². The maximum Gasteiger partial charge on any atom is 0.251 e. The molecule has 1 aliphatic heterocycles. The van der Waals surface area contributed by atoms with Crippen molar-refractivity contribution < 1.29 is 14.1 Å². The van der Waals surface area contributed by atoms with Crippen LogP contribution in [0.2, 0.25) is 0 Å². The molecule has 2 aromatic rings. The van der Waals surface area contributed by atoms with Gasteiger partial charge >= 0.3 is 0 Å². The van der Waals surface area contributed by atoms with Crippen LogP contribution in [0.5, 0.6) is 0 Å². The van der Waals surface area contributed by atoms with Crippen LogP contribution in [0, 0.1) is 6.92 Å². The summed E-state index contributed by atoms with van der Waals surface area (Å²) >= 11 is 0. The number of benzene rings is 1. The molecule has 7 nitrogen and oxygen atoms in total. The fourth-order valence-corrected chi connectivity index (χ4v) is 2.70. The lowest BCUT2D eigenvalue weighted by molar-refractivity contribution is -0.139. The molecule has 2 unspecified atom stereocenters. The van der Waals surface area contributed by atoms with Crippen LogP contribution in [0.25, 0.3) is 0 Å². The maximum atomic E-state index is 12.4. The number of aromatic nitrogens is 2. The first-order valence-electron chi connectivity index (χ1n) is 8.10. The number of ether oxygens (including phenoxy) is 1. The van der Waals surface area contributed by atoms with Gasteiger partial charge in [0, 0.05) is 19.6 Å². The van der Waals surface area contributed by atoms with E-state index in [1.54, 1.807) is 6.92 Å². The van der Waals surface area contributed by atoms with Crippen molar-refractivity contribution in [2.24, 2.45) is 0 Å². The van der Waals surface area contributed by atoms with Gasteiger partial charge in [0.15, 0.2) is 5.82 Å². The summed E-state index contributed by atoms with van der Waals surface area (Å²) < 4.78 is 10.7. The summed E-state index contributed by atoms with van der Waals surface area (Å²) in [4.78, 5) is 18.8. The van der Waals surface area contributed by atoms with Gasteiger partial charge in [0.2, 0.25) is 5.89 Å². The van der Waals surface area contributed by atoms with Crippen LogP contribution < -0.4 is 5.32 Å². The summed E-state index contributed by atoms with van der Waals surface area (Å²) in [5.41, 5.74) is 1.23. The molecule has 2 atom stereocenters. The molecule has 0 spiro atoms. The zero-order valence-electron chi connectivity index (χ0n) is 13.9. The number of morpholine rings is 1. The molecule has 2 heterocycles. The van der Waals surface area contributed by atoms with E-state index in [-0.39, 0.29) is 11.9 Å². The van der Waals surface area contributed by atoms with E-state index in [1.807, 2.05) is 25.1 Å². The Morgan fingerprint density at radius 2 is 2.21 bits per heavy atom. The third-order valence-corrected chi connectivity index (χ3v) is 3.96. The second-order valence-electron chi connectivity index (χ2n) is 5.99. The van der Waals surface area contributed by atoms with E-state index in [1.165, 1.54) is 5.56 Å². The molecule has 1 N–H and O–H groups in total. The Morgan fingerprint density at radius 1 is 1.42 bits per heavy atom. The Hall–Kier alpha value is -2.25. The molecular weight excluding hydrogens is 308 g/mol. The number of rotatable bonds is 5. The lowest BCUT2D eigenvalue weighted by Gasteiger charge is -2.32. The number of aryl methyl sites for hydroxylation is 1. The SMILES string of the molecule is Cc1noc(C(C)NC(=O)C2CN(Cc3ccccc3)CCO2)n1. The fraction of sp³-hybridized carbons (Fsp3) is 0.471. The molecular formula is C17H22N4O3. The molecule has 1 amide bonds. The van der Waals surface area contributed by atoms with Crippen molar-refractivity contribution in [3.63, 3.8) is 0 Å². The fourth-order valence-electron chi connectivity index (χ4n) is 2.70. The first-order valence-corrected chi connectivity index (χ1v) is 8.10. The first kappa shape index (κ1) is 16.6. The van der Waals surface area contributed by atoms with Gasteiger partial charge in [-0.1, -0.05) is 35.5 Å². The van der Waals surface area contributed by atoms with Gasteiger partial charge in [-0.25, -0.2) is 0 Å². The Balaban J connectivity index is 1.55. The Morgan fingerprint density at radius 3 is 2.92 bits per heavy atom.